The smallest absolute Gasteiger partial charge is 0.122 e. The maximum atomic E-state index is 5.90. The number of hydrogen-bond donors (Lipinski definition) is 1. The molecule has 0 aliphatic heterocycles. The molecule has 2 rings (SSSR count). The van der Waals surface area contributed by atoms with Gasteiger partial charge in [-0.15, -0.1) is 0 Å². The largest absolute Gasteiger partial charge is 0.489 e. The molecule has 0 radical (unpaired) electrons. The highest BCUT2D eigenvalue weighted by Gasteiger charge is 2.06. The zero-order valence-corrected chi connectivity index (χ0v) is 12.4. The Morgan fingerprint density at radius 1 is 1.11 bits per heavy atom. The van der Waals surface area contributed by atoms with Crippen LogP contribution in [0.4, 0.5) is 5.69 Å². The van der Waals surface area contributed by atoms with Crippen molar-refractivity contribution in [3.63, 3.8) is 0 Å². The van der Waals surface area contributed by atoms with Gasteiger partial charge in [0.25, 0.3) is 0 Å². The molecule has 94 valence electrons. The Hall–Kier alpha value is -0.900. The molecule has 2 N–H and O–H groups in total. The van der Waals surface area contributed by atoms with Gasteiger partial charge in [-0.25, -0.2) is 0 Å². The number of rotatable bonds is 3. The molecule has 0 atom stereocenters. The lowest BCUT2D eigenvalue weighted by atomic mass is 10.2. The normalized spacial score (nSPS) is 10.4. The van der Waals surface area contributed by atoms with Crippen LogP contribution in [0.3, 0.4) is 0 Å². The molecule has 0 saturated heterocycles. The topological polar surface area (TPSA) is 35.2 Å². The third kappa shape index (κ3) is 3.31. The van der Waals surface area contributed by atoms with Gasteiger partial charge in [-0.3, -0.25) is 0 Å². The summed E-state index contributed by atoms with van der Waals surface area (Å²) in [5.41, 5.74) is 7.46. The fourth-order valence-corrected chi connectivity index (χ4v) is 2.50. The molecule has 0 fully saturated rings. The summed E-state index contributed by atoms with van der Waals surface area (Å²) in [6.45, 7) is 0.351. The first kappa shape index (κ1) is 13.5. The quantitative estimate of drug-likeness (QED) is 0.801. The summed E-state index contributed by atoms with van der Waals surface area (Å²) in [7, 11) is 0. The number of nitrogen functional groups attached to an aromatic ring is 1. The summed E-state index contributed by atoms with van der Waals surface area (Å²) in [5, 5.41) is 1.08. The molecule has 0 aromatic heterocycles. The number of benzene rings is 2. The second-order valence-electron chi connectivity index (χ2n) is 3.70. The van der Waals surface area contributed by atoms with Gasteiger partial charge in [0.15, 0.2) is 0 Å². The van der Waals surface area contributed by atoms with Crippen LogP contribution < -0.4 is 10.5 Å². The van der Waals surface area contributed by atoms with Gasteiger partial charge in [-0.05, 0) is 30.3 Å². The minimum atomic E-state index is 0.351. The van der Waals surface area contributed by atoms with Crippen LogP contribution in [-0.4, -0.2) is 0 Å². The highest BCUT2D eigenvalue weighted by Crippen LogP contribution is 2.27. The van der Waals surface area contributed by atoms with Gasteiger partial charge < -0.3 is 10.5 Å². The van der Waals surface area contributed by atoms with Gasteiger partial charge in [-0.2, -0.15) is 0 Å². The standard InChI is InChI=1S/C13H10BrCl2NO/c14-12-2-1-3-13(17)11(12)7-18-10-5-8(15)4-9(16)6-10/h1-6H,7,17H2. The minimum absolute atomic E-state index is 0.351. The van der Waals surface area contributed by atoms with E-state index in [1.807, 2.05) is 18.2 Å². The van der Waals surface area contributed by atoms with E-state index in [0.29, 0.717) is 28.1 Å². The van der Waals surface area contributed by atoms with Crippen LogP contribution in [0.5, 0.6) is 5.75 Å². The zero-order chi connectivity index (χ0) is 13.1. The summed E-state index contributed by atoms with van der Waals surface area (Å²) in [6.07, 6.45) is 0. The van der Waals surface area contributed by atoms with Gasteiger partial charge in [-0.1, -0.05) is 45.2 Å². The Labute approximate surface area is 124 Å². The fourth-order valence-electron chi connectivity index (χ4n) is 1.49. The molecule has 2 aromatic rings. The highest BCUT2D eigenvalue weighted by atomic mass is 79.9. The SMILES string of the molecule is Nc1cccc(Br)c1COc1cc(Cl)cc(Cl)c1. The van der Waals surface area contributed by atoms with Crippen molar-refractivity contribution in [3.8, 4) is 5.75 Å². The van der Waals surface area contributed by atoms with Crippen molar-refractivity contribution in [2.45, 2.75) is 6.61 Å². The molecule has 0 heterocycles. The molecule has 0 aliphatic carbocycles. The van der Waals surface area contributed by atoms with E-state index in [1.54, 1.807) is 18.2 Å². The van der Waals surface area contributed by atoms with E-state index in [-0.39, 0.29) is 0 Å². The van der Waals surface area contributed by atoms with E-state index in [0.717, 1.165) is 10.0 Å². The summed E-state index contributed by atoms with van der Waals surface area (Å²) < 4.78 is 6.55. The number of anilines is 1. The van der Waals surface area contributed by atoms with E-state index in [2.05, 4.69) is 15.9 Å². The van der Waals surface area contributed by atoms with Gasteiger partial charge >= 0.3 is 0 Å². The van der Waals surface area contributed by atoms with Crippen molar-refractivity contribution < 1.29 is 4.74 Å². The van der Waals surface area contributed by atoms with Gasteiger partial charge in [0.2, 0.25) is 0 Å². The molecule has 0 spiro atoms. The van der Waals surface area contributed by atoms with Crippen molar-refractivity contribution in [2.75, 3.05) is 5.73 Å². The Kier molecular flexibility index (Phi) is 4.38. The molecular weight excluding hydrogens is 337 g/mol. The van der Waals surface area contributed by atoms with E-state index < -0.39 is 0 Å². The lowest BCUT2D eigenvalue weighted by molar-refractivity contribution is 0.306. The Balaban J connectivity index is 2.16. The predicted octanol–water partition coefficient (Wildman–Crippen LogP) is 4.92. The highest BCUT2D eigenvalue weighted by molar-refractivity contribution is 9.10. The van der Waals surface area contributed by atoms with Crippen LogP contribution in [0.2, 0.25) is 10.0 Å². The molecule has 0 unspecified atom stereocenters. The minimum Gasteiger partial charge on any atom is -0.489 e. The third-order valence-corrected chi connectivity index (χ3v) is 3.55. The molecule has 0 amide bonds. The van der Waals surface area contributed by atoms with E-state index in [9.17, 15) is 0 Å². The number of hydrogen-bond acceptors (Lipinski definition) is 2. The Morgan fingerprint density at radius 3 is 2.39 bits per heavy atom. The van der Waals surface area contributed by atoms with Crippen molar-refractivity contribution in [1.82, 2.24) is 0 Å². The van der Waals surface area contributed by atoms with Gasteiger partial charge in [0.1, 0.15) is 12.4 Å². The lowest BCUT2D eigenvalue weighted by Crippen LogP contribution is -2.01. The van der Waals surface area contributed by atoms with Crippen molar-refractivity contribution in [1.29, 1.82) is 0 Å². The Bertz CT molecular complexity index is 534. The number of ether oxygens (including phenoxy) is 1. The van der Waals surface area contributed by atoms with E-state index >= 15 is 0 Å². The molecule has 0 saturated carbocycles. The lowest BCUT2D eigenvalue weighted by Gasteiger charge is -2.10. The van der Waals surface area contributed by atoms with E-state index in [4.69, 9.17) is 33.7 Å². The molecule has 18 heavy (non-hydrogen) atoms. The summed E-state index contributed by atoms with van der Waals surface area (Å²) >= 11 is 15.2. The number of nitrogens with two attached hydrogens (primary N) is 1. The first-order chi connectivity index (χ1) is 8.56. The van der Waals surface area contributed by atoms with Crippen molar-refractivity contribution in [2.24, 2.45) is 0 Å². The molecular formula is C13H10BrCl2NO. The van der Waals surface area contributed by atoms with Gasteiger partial charge in [0.05, 0.1) is 0 Å². The average Bonchev–Trinajstić information content (AvgIpc) is 2.27. The van der Waals surface area contributed by atoms with Crippen molar-refractivity contribution >= 4 is 44.8 Å². The van der Waals surface area contributed by atoms with Crippen molar-refractivity contribution in [3.05, 3.63) is 56.5 Å². The molecule has 5 heteroatoms. The number of halogens is 3. The van der Waals surface area contributed by atoms with Crippen LogP contribution >= 0.6 is 39.1 Å². The summed E-state index contributed by atoms with van der Waals surface area (Å²) in [4.78, 5) is 0. The first-order valence-electron chi connectivity index (χ1n) is 5.18. The summed E-state index contributed by atoms with van der Waals surface area (Å²) in [6, 6.07) is 10.7. The second kappa shape index (κ2) is 5.83. The first-order valence-corrected chi connectivity index (χ1v) is 6.73. The maximum Gasteiger partial charge on any atom is 0.122 e. The molecule has 0 aliphatic rings. The average molecular weight is 347 g/mol. The molecule has 2 aromatic carbocycles. The van der Waals surface area contributed by atoms with Crippen LogP contribution in [0.15, 0.2) is 40.9 Å². The fraction of sp³-hybridized carbons (Fsp3) is 0.0769. The summed E-state index contributed by atoms with van der Waals surface area (Å²) in [5.74, 6) is 0.614. The van der Waals surface area contributed by atoms with Gasteiger partial charge in [0, 0.05) is 25.8 Å². The zero-order valence-electron chi connectivity index (χ0n) is 9.29. The maximum absolute atomic E-state index is 5.90. The van der Waals surface area contributed by atoms with Crippen LogP contribution in [0.1, 0.15) is 5.56 Å². The second-order valence-corrected chi connectivity index (χ2v) is 5.43. The third-order valence-electron chi connectivity index (χ3n) is 2.37. The molecule has 2 nitrogen and oxygen atoms in total. The van der Waals surface area contributed by atoms with Crippen LogP contribution in [0, 0.1) is 0 Å². The van der Waals surface area contributed by atoms with Crippen LogP contribution in [0.25, 0.3) is 0 Å². The van der Waals surface area contributed by atoms with Crippen LogP contribution in [-0.2, 0) is 6.61 Å². The Morgan fingerprint density at radius 2 is 1.78 bits per heavy atom. The monoisotopic (exact) mass is 345 g/mol. The molecule has 0 bridgehead atoms. The van der Waals surface area contributed by atoms with E-state index in [1.165, 1.54) is 0 Å². The predicted molar refractivity (Wildman–Crippen MR) is 79.3 cm³/mol.